The van der Waals surface area contributed by atoms with E-state index >= 15 is 0 Å². The quantitative estimate of drug-likeness (QED) is 0.901. The molecule has 2 unspecified atom stereocenters. The second-order valence-electron chi connectivity index (χ2n) is 7.18. The minimum Gasteiger partial charge on any atom is -0.444 e. The van der Waals surface area contributed by atoms with Gasteiger partial charge in [-0.25, -0.2) is 13.6 Å². The van der Waals surface area contributed by atoms with Crippen molar-refractivity contribution >= 4 is 11.8 Å². The van der Waals surface area contributed by atoms with Gasteiger partial charge in [0.2, 0.25) is 0 Å². The Morgan fingerprint density at radius 3 is 2.61 bits per heavy atom. The standard InChI is InChI=1S/C17H24F2N2O2/c1-11-7-13(20-16(22)23-17(2,3)4)10-21(9-11)15-6-5-12(18)8-14(15)19/h5-6,8,11,13H,7,9-10H2,1-4H3,(H,20,22). The number of carbonyl (C=O) groups excluding carboxylic acids is 1. The summed E-state index contributed by atoms with van der Waals surface area (Å²) in [5.41, 5.74) is -0.207. The van der Waals surface area contributed by atoms with Crippen molar-refractivity contribution in [3.63, 3.8) is 0 Å². The molecular formula is C17H24F2N2O2. The number of rotatable bonds is 2. The molecule has 1 aliphatic rings. The molecule has 1 amide bonds. The second kappa shape index (κ2) is 6.72. The van der Waals surface area contributed by atoms with Gasteiger partial charge in [0.25, 0.3) is 0 Å². The number of amides is 1. The molecule has 0 aromatic heterocycles. The zero-order valence-electron chi connectivity index (χ0n) is 14.0. The van der Waals surface area contributed by atoms with Crippen LogP contribution in [0.2, 0.25) is 0 Å². The first-order chi connectivity index (χ1) is 10.6. The van der Waals surface area contributed by atoms with Crippen molar-refractivity contribution in [3.8, 4) is 0 Å². The topological polar surface area (TPSA) is 41.6 Å². The van der Waals surface area contributed by atoms with Crippen LogP contribution in [0.3, 0.4) is 0 Å². The van der Waals surface area contributed by atoms with Crippen LogP contribution in [0.1, 0.15) is 34.1 Å². The summed E-state index contributed by atoms with van der Waals surface area (Å²) >= 11 is 0. The maximum atomic E-state index is 14.0. The maximum Gasteiger partial charge on any atom is 0.407 e. The molecule has 1 saturated heterocycles. The highest BCUT2D eigenvalue weighted by atomic mass is 19.1. The molecule has 1 aliphatic heterocycles. The number of benzene rings is 1. The molecule has 1 aromatic rings. The molecule has 1 fully saturated rings. The first-order valence-electron chi connectivity index (χ1n) is 7.83. The number of piperidine rings is 1. The van der Waals surface area contributed by atoms with Crippen LogP contribution >= 0.6 is 0 Å². The lowest BCUT2D eigenvalue weighted by atomic mass is 9.95. The molecule has 0 spiro atoms. The van der Waals surface area contributed by atoms with Gasteiger partial charge >= 0.3 is 6.09 Å². The molecule has 0 saturated carbocycles. The molecule has 6 heteroatoms. The average molecular weight is 326 g/mol. The summed E-state index contributed by atoms with van der Waals surface area (Å²) < 4.78 is 32.3. The fourth-order valence-electron chi connectivity index (χ4n) is 2.86. The summed E-state index contributed by atoms with van der Waals surface area (Å²) in [5, 5.41) is 2.84. The highest BCUT2D eigenvalue weighted by molar-refractivity contribution is 5.68. The van der Waals surface area contributed by atoms with E-state index < -0.39 is 23.3 Å². The lowest BCUT2D eigenvalue weighted by Gasteiger charge is -2.38. The molecule has 2 rings (SSSR count). The summed E-state index contributed by atoms with van der Waals surface area (Å²) in [6.45, 7) is 8.57. The van der Waals surface area contributed by atoms with E-state index in [4.69, 9.17) is 4.74 Å². The Kier molecular flexibility index (Phi) is 5.12. The molecule has 4 nitrogen and oxygen atoms in total. The lowest BCUT2D eigenvalue weighted by molar-refractivity contribution is 0.0495. The minimum atomic E-state index is -0.597. The van der Waals surface area contributed by atoms with Crippen molar-refractivity contribution in [2.45, 2.75) is 45.8 Å². The summed E-state index contributed by atoms with van der Waals surface area (Å²) in [6.07, 6.45) is 0.314. The van der Waals surface area contributed by atoms with Gasteiger partial charge in [0.05, 0.1) is 5.69 Å². The van der Waals surface area contributed by atoms with E-state index in [1.807, 2.05) is 11.8 Å². The van der Waals surface area contributed by atoms with E-state index in [0.717, 1.165) is 12.5 Å². The fourth-order valence-corrected chi connectivity index (χ4v) is 2.86. The van der Waals surface area contributed by atoms with Gasteiger partial charge < -0.3 is 15.0 Å². The van der Waals surface area contributed by atoms with Gasteiger partial charge in [0.15, 0.2) is 0 Å². The summed E-state index contributed by atoms with van der Waals surface area (Å²) in [4.78, 5) is 13.8. The zero-order valence-corrected chi connectivity index (χ0v) is 14.0. The van der Waals surface area contributed by atoms with Gasteiger partial charge in [-0.1, -0.05) is 6.92 Å². The van der Waals surface area contributed by atoms with E-state index in [9.17, 15) is 13.6 Å². The lowest BCUT2D eigenvalue weighted by Crippen LogP contribution is -2.51. The summed E-state index contributed by atoms with van der Waals surface area (Å²) in [6, 6.07) is 3.42. The predicted molar refractivity (Wildman–Crippen MR) is 85.5 cm³/mol. The molecule has 2 atom stereocenters. The normalized spacial score (nSPS) is 21.9. The Morgan fingerprint density at radius 1 is 1.30 bits per heavy atom. The minimum absolute atomic E-state index is 0.141. The number of ether oxygens (including phenoxy) is 1. The van der Waals surface area contributed by atoms with Crippen molar-refractivity contribution in [2.75, 3.05) is 18.0 Å². The fraction of sp³-hybridized carbons (Fsp3) is 0.588. The third-order valence-electron chi connectivity index (χ3n) is 3.63. The maximum absolute atomic E-state index is 14.0. The molecule has 1 heterocycles. The average Bonchev–Trinajstić information content (AvgIpc) is 2.35. The van der Waals surface area contributed by atoms with Crippen molar-refractivity contribution in [1.29, 1.82) is 0 Å². The molecule has 1 N–H and O–H groups in total. The summed E-state index contributed by atoms with van der Waals surface area (Å²) in [5.74, 6) is -0.914. The van der Waals surface area contributed by atoms with Crippen LogP contribution in [0.25, 0.3) is 0 Å². The molecule has 0 aliphatic carbocycles. The largest absolute Gasteiger partial charge is 0.444 e. The van der Waals surface area contributed by atoms with E-state index in [-0.39, 0.29) is 12.0 Å². The number of nitrogens with one attached hydrogen (secondary N) is 1. The Bertz CT molecular complexity index is 572. The van der Waals surface area contributed by atoms with Crippen LogP contribution in [0.4, 0.5) is 19.3 Å². The zero-order chi connectivity index (χ0) is 17.2. The summed E-state index contributed by atoms with van der Waals surface area (Å²) in [7, 11) is 0. The predicted octanol–water partition coefficient (Wildman–Crippen LogP) is 3.70. The third kappa shape index (κ3) is 5.08. The molecule has 1 aromatic carbocycles. The van der Waals surface area contributed by atoms with Crippen LogP contribution in [0.5, 0.6) is 0 Å². The number of nitrogens with zero attached hydrogens (tertiary/aromatic N) is 1. The van der Waals surface area contributed by atoms with Gasteiger partial charge in [-0.3, -0.25) is 0 Å². The molecular weight excluding hydrogens is 302 g/mol. The Labute approximate surface area is 135 Å². The molecule has 0 bridgehead atoms. The first kappa shape index (κ1) is 17.5. The highest BCUT2D eigenvalue weighted by Gasteiger charge is 2.28. The van der Waals surface area contributed by atoms with E-state index in [2.05, 4.69) is 5.32 Å². The van der Waals surface area contributed by atoms with Crippen LogP contribution in [-0.2, 0) is 4.74 Å². The Morgan fingerprint density at radius 2 is 2.00 bits per heavy atom. The van der Waals surface area contributed by atoms with Crippen molar-refractivity contribution in [1.82, 2.24) is 5.32 Å². The van der Waals surface area contributed by atoms with Gasteiger partial charge in [-0.15, -0.1) is 0 Å². The Balaban J connectivity index is 2.05. The SMILES string of the molecule is CC1CC(NC(=O)OC(C)(C)C)CN(c2ccc(F)cc2F)C1. The van der Waals surface area contributed by atoms with Gasteiger partial charge in [0, 0.05) is 25.2 Å². The molecule has 23 heavy (non-hydrogen) atoms. The highest BCUT2D eigenvalue weighted by Crippen LogP contribution is 2.26. The van der Waals surface area contributed by atoms with E-state index in [1.54, 1.807) is 20.8 Å². The van der Waals surface area contributed by atoms with Gasteiger partial charge in [-0.05, 0) is 45.2 Å². The first-order valence-corrected chi connectivity index (χ1v) is 7.83. The molecule has 128 valence electrons. The molecule has 0 radical (unpaired) electrons. The number of alkyl carbamates (subject to hydrolysis) is 1. The number of hydrogen-bond acceptors (Lipinski definition) is 3. The van der Waals surface area contributed by atoms with Gasteiger partial charge in [0.1, 0.15) is 17.2 Å². The van der Waals surface area contributed by atoms with Gasteiger partial charge in [-0.2, -0.15) is 0 Å². The van der Waals surface area contributed by atoms with E-state index in [1.165, 1.54) is 12.1 Å². The third-order valence-corrected chi connectivity index (χ3v) is 3.63. The van der Waals surface area contributed by atoms with Crippen molar-refractivity contribution in [2.24, 2.45) is 5.92 Å². The van der Waals surface area contributed by atoms with Crippen molar-refractivity contribution in [3.05, 3.63) is 29.8 Å². The van der Waals surface area contributed by atoms with Crippen LogP contribution in [0.15, 0.2) is 18.2 Å². The second-order valence-corrected chi connectivity index (χ2v) is 7.18. The van der Waals surface area contributed by atoms with Crippen LogP contribution in [-0.4, -0.2) is 30.8 Å². The van der Waals surface area contributed by atoms with Crippen LogP contribution in [0, 0.1) is 17.6 Å². The number of halogens is 2. The van der Waals surface area contributed by atoms with Crippen molar-refractivity contribution < 1.29 is 18.3 Å². The number of anilines is 1. The van der Waals surface area contributed by atoms with Crippen LogP contribution < -0.4 is 10.2 Å². The Hall–Kier alpha value is -1.85. The number of hydrogen-bond donors (Lipinski definition) is 1. The van der Waals surface area contributed by atoms with E-state index in [0.29, 0.717) is 18.8 Å². The monoisotopic (exact) mass is 326 g/mol. The smallest absolute Gasteiger partial charge is 0.407 e. The number of carbonyl (C=O) groups is 1.